The maximum absolute atomic E-state index is 12.9. The highest BCUT2D eigenvalue weighted by atomic mass is 16.6. The van der Waals surface area contributed by atoms with Gasteiger partial charge in [-0.2, -0.15) is 0 Å². The Balaban J connectivity index is 4.17. The van der Waals surface area contributed by atoms with Crippen LogP contribution in [0.5, 0.6) is 0 Å². The van der Waals surface area contributed by atoms with Gasteiger partial charge in [-0.1, -0.05) is 334 Å². The van der Waals surface area contributed by atoms with Crippen molar-refractivity contribution in [2.75, 3.05) is 13.2 Å². The van der Waals surface area contributed by atoms with Gasteiger partial charge < -0.3 is 14.2 Å². The predicted molar refractivity (Wildman–Crippen MR) is 326 cm³/mol. The summed E-state index contributed by atoms with van der Waals surface area (Å²) in [6, 6.07) is 0. The molecule has 0 heterocycles. The van der Waals surface area contributed by atoms with Gasteiger partial charge in [0.25, 0.3) is 0 Å². The molecule has 6 nitrogen and oxygen atoms in total. The third-order valence-electron chi connectivity index (χ3n) is 15.5. The molecular weight excluding hydrogens is 925 g/mol. The van der Waals surface area contributed by atoms with Crippen LogP contribution in [0.2, 0.25) is 0 Å². The van der Waals surface area contributed by atoms with Gasteiger partial charge in [-0.3, -0.25) is 14.4 Å². The van der Waals surface area contributed by atoms with E-state index < -0.39 is 6.10 Å². The summed E-state index contributed by atoms with van der Waals surface area (Å²) in [5.74, 6) is -0.857. The van der Waals surface area contributed by atoms with Crippen molar-refractivity contribution in [3.8, 4) is 0 Å². The molecule has 0 fully saturated rings. The number of rotatable bonds is 63. The standard InChI is InChI=1S/C69H130O6/c1-4-7-10-13-16-19-22-25-27-29-30-31-32-33-34-35-36-37-38-39-40-42-44-47-50-53-56-59-62-68(71)74-65-66(64-73-67(70)61-58-55-52-49-46-43-24-21-18-15-12-9-6-3)75-69(72)63-60-57-54-51-48-45-41-28-26-23-20-17-14-11-8-5-2/h20,23,28,41,66H,4-19,21-22,24-27,29-40,42-65H2,1-3H3/b23-20-,41-28-. The van der Waals surface area contributed by atoms with E-state index in [1.807, 2.05) is 0 Å². The summed E-state index contributed by atoms with van der Waals surface area (Å²) in [5.41, 5.74) is 0. The van der Waals surface area contributed by atoms with Crippen LogP contribution in [0.4, 0.5) is 0 Å². The zero-order valence-corrected chi connectivity index (χ0v) is 50.8. The lowest BCUT2D eigenvalue weighted by atomic mass is 10.0. The lowest BCUT2D eigenvalue weighted by Gasteiger charge is -2.18. The van der Waals surface area contributed by atoms with Crippen LogP contribution >= 0.6 is 0 Å². The summed E-state index contributed by atoms with van der Waals surface area (Å²) in [4.78, 5) is 38.3. The maximum atomic E-state index is 12.9. The number of carbonyl (C=O) groups excluding carboxylic acids is 3. The summed E-state index contributed by atoms with van der Waals surface area (Å²) in [5, 5.41) is 0. The summed E-state index contributed by atoms with van der Waals surface area (Å²) >= 11 is 0. The summed E-state index contributed by atoms with van der Waals surface area (Å²) in [6.07, 6.45) is 77.8. The predicted octanol–water partition coefficient (Wildman–Crippen LogP) is 23.0. The van der Waals surface area contributed by atoms with E-state index in [2.05, 4.69) is 45.1 Å². The van der Waals surface area contributed by atoms with Crippen LogP contribution < -0.4 is 0 Å². The number of unbranched alkanes of at least 4 members (excludes halogenated alkanes) is 48. The fraction of sp³-hybridized carbons (Fsp3) is 0.899. The largest absolute Gasteiger partial charge is 0.462 e. The molecule has 0 saturated heterocycles. The highest BCUT2D eigenvalue weighted by Crippen LogP contribution is 2.18. The lowest BCUT2D eigenvalue weighted by molar-refractivity contribution is -0.167. The molecule has 0 radical (unpaired) electrons. The van der Waals surface area contributed by atoms with E-state index in [0.717, 1.165) is 77.0 Å². The molecule has 1 atom stereocenters. The zero-order valence-electron chi connectivity index (χ0n) is 50.8. The van der Waals surface area contributed by atoms with Crippen LogP contribution in [0.3, 0.4) is 0 Å². The van der Waals surface area contributed by atoms with E-state index in [1.165, 1.54) is 263 Å². The minimum Gasteiger partial charge on any atom is -0.462 e. The topological polar surface area (TPSA) is 78.9 Å². The molecule has 0 rings (SSSR count). The zero-order chi connectivity index (χ0) is 54.3. The second-order valence-corrected chi connectivity index (χ2v) is 23.1. The number of hydrogen-bond donors (Lipinski definition) is 0. The fourth-order valence-electron chi connectivity index (χ4n) is 10.4. The van der Waals surface area contributed by atoms with Crippen LogP contribution in [0.15, 0.2) is 24.3 Å². The van der Waals surface area contributed by atoms with Crippen molar-refractivity contribution in [1.29, 1.82) is 0 Å². The molecule has 0 aliphatic rings. The molecule has 0 aliphatic carbocycles. The van der Waals surface area contributed by atoms with E-state index in [0.29, 0.717) is 19.3 Å². The first kappa shape index (κ1) is 72.9. The van der Waals surface area contributed by atoms with Crippen LogP contribution in [-0.4, -0.2) is 37.2 Å². The average molecular weight is 1060 g/mol. The molecule has 0 aliphatic heterocycles. The van der Waals surface area contributed by atoms with Gasteiger partial charge in [0.15, 0.2) is 6.10 Å². The van der Waals surface area contributed by atoms with E-state index in [9.17, 15) is 14.4 Å². The first-order valence-electron chi connectivity index (χ1n) is 33.8. The molecule has 0 amide bonds. The summed E-state index contributed by atoms with van der Waals surface area (Å²) in [7, 11) is 0. The molecule has 0 bridgehead atoms. The molecule has 0 spiro atoms. The first-order chi connectivity index (χ1) is 37.0. The lowest BCUT2D eigenvalue weighted by Crippen LogP contribution is -2.30. The molecule has 1 unspecified atom stereocenters. The Labute approximate surface area is 468 Å². The van der Waals surface area contributed by atoms with Crippen molar-refractivity contribution < 1.29 is 28.6 Å². The summed E-state index contributed by atoms with van der Waals surface area (Å²) < 4.78 is 16.9. The molecule has 0 aromatic rings. The van der Waals surface area contributed by atoms with Crippen LogP contribution in [0.1, 0.15) is 380 Å². The van der Waals surface area contributed by atoms with Gasteiger partial charge in [-0.25, -0.2) is 0 Å². The van der Waals surface area contributed by atoms with Crippen LogP contribution in [0, 0.1) is 0 Å². The molecule has 0 aromatic carbocycles. The number of allylic oxidation sites excluding steroid dienone is 4. The Morgan fingerprint density at radius 3 is 0.747 bits per heavy atom. The van der Waals surface area contributed by atoms with Crippen molar-refractivity contribution >= 4 is 17.9 Å². The quantitative estimate of drug-likeness (QED) is 0.0261. The molecule has 75 heavy (non-hydrogen) atoms. The average Bonchev–Trinajstić information content (AvgIpc) is 3.41. The minimum absolute atomic E-state index is 0.0710. The van der Waals surface area contributed by atoms with Crippen molar-refractivity contribution in [3.05, 3.63) is 24.3 Å². The third-order valence-corrected chi connectivity index (χ3v) is 15.5. The van der Waals surface area contributed by atoms with Gasteiger partial charge in [0, 0.05) is 19.3 Å². The van der Waals surface area contributed by atoms with Gasteiger partial charge in [0.1, 0.15) is 13.2 Å². The monoisotopic (exact) mass is 1050 g/mol. The van der Waals surface area contributed by atoms with E-state index in [-0.39, 0.29) is 31.1 Å². The second-order valence-electron chi connectivity index (χ2n) is 23.1. The summed E-state index contributed by atoms with van der Waals surface area (Å²) in [6.45, 7) is 6.68. The minimum atomic E-state index is -0.775. The van der Waals surface area contributed by atoms with Gasteiger partial charge >= 0.3 is 17.9 Å². The number of ether oxygens (including phenoxy) is 3. The molecule has 0 saturated carbocycles. The van der Waals surface area contributed by atoms with E-state index in [1.54, 1.807) is 0 Å². The number of hydrogen-bond acceptors (Lipinski definition) is 6. The molecule has 0 N–H and O–H groups in total. The Hall–Kier alpha value is -2.11. The maximum Gasteiger partial charge on any atom is 0.306 e. The van der Waals surface area contributed by atoms with Crippen LogP contribution in [0.25, 0.3) is 0 Å². The molecule has 0 aromatic heterocycles. The molecule has 6 heteroatoms. The van der Waals surface area contributed by atoms with E-state index >= 15 is 0 Å². The van der Waals surface area contributed by atoms with E-state index in [4.69, 9.17) is 14.2 Å². The Morgan fingerprint density at radius 2 is 0.480 bits per heavy atom. The Morgan fingerprint density at radius 1 is 0.267 bits per heavy atom. The highest BCUT2D eigenvalue weighted by molar-refractivity contribution is 5.71. The smallest absolute Gasteiger partial charge is 0.306 e. The van der Waals surface area contributed by atoms with Gasteiger partial charge in [-0.15, -0.1) is 0 Å². The fourth-order valence-corrected chi connectivity index (χ4v) is 10.4. The highest BCUT2D eigenvalue weighted by Gasteiger charge is 2.19. The van der Waals surface area contributed by atoms with Crippen molar-refractivity contribution in [3.63, 3.8) is 0 Å². The van der Waals surface area contributed by atoms with Crippen molar-refractivity contribution in [2.24, 2.45) is 0 Å². The van der Waals surface area contributed by atoms with Crippen LogP contribution in [-0.2, 0) is 28.6 Å². The SMILES string of the molecule is CCCCCC/C=C\C/C=C\CCCCCCCC(=O)OC(COC(=O)CCCCCCCCCCCCCCC)COC(=O)CCCCCCCCCCCCCCCCCCCCCCCCCCCCCC. The van der Waals surface area contributed by atoms with Gasteiger partial charge in [0.05, 0.1) is 0 Å². The number of carbonyl (C=O) groups is 3. The molecule has 442 valence electrons. The Bertz CT molecular complexity index is 1210. The van der Waals surface area contributed by atoms with Crippen molar-refractivity contribution in [1.82, 2.24) is 0 Å². The second kappa shape index (κ2) is 64.4. The van der Waals surface area contributed by atoms with Gasteiger partial charge in [0.2, 0.25) is 0 Å². The van der Waals surface area contributed by atoms with Gasteiger partial charge in [-0.05, 0) is 51.4 Å². The normalized spacial score (nSPS) is 12.1. The number of esters is 3. The molecular formula is C69H130O6. The Kier molecular flexibility index (Phi) is 62.6. The third kappa shape index (κ3) is 62.6. The first-order valence-corrected chi connectivity index (χ1v) is 33.8. The van der Waals surface area contributed by atoms with Crippen molar-refractivity contribution in [2.45, 2.75) is 386 Å².